The molecule has 0 fully saturated rings. The quantitative estimate of drug-likeness (QED) is 0.328. The van der Waals surface area contributed by atoms with Gasteiger partial charge < -0.3 is 4.74 Å². The zero-order chi connectivity index (χ0) is 27.8. The van der Waals surface area contributed by atoms with Crippen LogP contribution in [0.4, 0.5) is 0 Å². The van der Waals surface area contributed by atoms with Gasteiger partial charge in [0.15, 0.2) is 27.4 Å². The summed E-state index contributed by atoms with van der Waals surface area (Å²) in [6.07, 6.45) is 0.634. The summed E-state index contributed by atoms with van der Waals surface area (Å²) in [6.45, 7) is 0. The van der Waals surface area contributed by atoms with Gasteiger partial charge in [-0.05, 0) is 47.0 Å². The monoisotopic (exact) mass is 580 g/mol. The molecular formula is C29H25ClN2O5S2. The Bertz CT molecular complexity index is 1760. The van der Waals surface area contributed by atoms with Crippen molar-refractivity contribution in [1.82, 2.24) is 0 Å². The van der Waals surface area contributed by atoms with Crippen LogP contribution in [0.2, 0.25) is 5.02 Å². The number of rotatable bonds is 7. The van der Waals surface area contributed by atoms with E-state index < -0.39 is 31.5 Å². The van der Waals surface area contributed by atoms with Crippen LogP contribution in [0, 0.1) is 0 Å². The number of nitrogens with zero attached hydrogens (tertiary/aromatic N) is 1. The second kappa shape index (κ2) is 10.2. The third-order valence-electron chi connectivity index (χ3n) is 6.63. The van der Waals surface area contributed by atoms with E-state index in [2.05, 4.69) is 0 Å². The summed E-state index contributed by atoms with van der Waals surface area (Å²) in [7, 11) is -7.60. The number of benzene rings is 4. The number of sulfone groups is 1. The first-order chi connectivity index (χ1) is 18.5. The molecule has 0 aliphatic carbocycles. The summed E-state index contributed by atoms with van der Waals surface area (Å²) in [6, 6.07) is 29.3. The van der Waals surface area contributed by atoms with Gasteiger partial charge in [-0.2, -0.15) is 0 Å². The van der Waals surface area contributed by atoms with Gasteiger partial charge in [-0.15, -0.1) is 0 Å². The minimum Gasteiger partial charge on any atom is -0.469 e. The third kappa shape index (κ3) is 5.35. The molecule has 10 heteroatoms. The summed E-state index contributed by atoms with van der Waals surface area (Å²) >= 11 is 6.22. The van der Waals surface area contributed by atoms with Gasteiger partial charge in [-0.1, -0.05) is 84.4 Å². The zero-order valence-electron chi connectivity index (χ0n) is 20.9. The molecule has 1 aliphatic rings. The van der Waals surface area contributed by atoms with E-state index >= 15 is 0 Å². The molecule has 39 heavy (non-hydrogen) atoms. The average molecular weight is 581 g/mol. The highest BCUT2D eigenvalue weighted by Gasteiger charge is 2.51. The van der Waals surface area contributed by atoms with Gasteiger partial charge in [-0.3, -0.25) is 0 Å². The molecule has 2 unspecified atom stereocenters. The van der Waals surface area contributed by atoms with Crippen LogP contribution in [0.25, 0.3) is 0 Å². The Morgan fingerprint density at radius 3 is 2.08 bits per heavy atom. The maximum atomic E-state index is 12.8. The maximum Gasteiger partial charge on any atom is 0.238 e. The Hall–Kier alpha value is -3.50. The topological polar surface area (TPSA) is 116 Å². The van der Waals surface area contributed by atoms with Gasteiger partial charge in [0, 0.05) is 23.3 Å². The number of ether oxygens (including phenoxy) is 1. The number of aliphatic imine (C=N–C) groups is 1. The zero-order valence-corrected chi connectivity index (χ0v) is 23.2. The molecule has 2 N–H and O–H groups in total. The highest BCUT2D eigenvalue weighted by molar-refractivity contribution is 7.90. The summed E-state index contributed by atoms with van der Waals surface area (Å²) in [5, 5.41) is 6.19. The third-order valence-corrected chi connectivity index (χ3v) is 8.98. The molecule has 200 valence electrons. The number of sulfonamides is 1. The molecule has 0 saturated heterocycles. The van der Waals surface area contributed by atoms with Gasteiger partial charge in [0.05, 0.1) is 9.79 Å². The molecule has 2 atom stereocenters. The smallest absolute Gasteiger partial charge is 0.238 e. The van der Waals surface area contributed by atoms with Crippen LogP contribution in [-0.4, -0.2) is 29.0 Å². The highest BCUT2D eigenvalue weighted by atomic mass is 35.5. The van der Waals surface area contributed by atoms with Crippen molar-refractivity contribution in [3.05, 3.63) is 130 Å². The van der Waals surface area contributed by atoms with Gasteiger partial charge in [0.1, 0.15) is 0 Å². The molecule has 0 aromatic heterocycles. The first kappa shape index (κ1) is 27.1. The summed E-state index contributed by atoms with van der Waals surface area (Å²) in [5.74, 6) is 0.387. The minimum atomic E-state index is -4.16. The van der Waals surface area contributed by atoms with E-state index in [1.807, 2.05) is 30.3 Å². The van der Waals surface area contributed by atoms with Crippen molar-refractivity contribution in [3.63, 3.8) is 0 Å². The van der Waals surface area contributed by atoms with Crippen LogP contribution in [0.15, 0.2) is 118 Å². The van der Waals surface area contributed by atoms with Crippen LogP contribution in [0.1, 0.15) is 28.4 Å². The van der Waals surface area contributed by atoms with Crippen molar-refractivity contribution in [3.8, 4) is 0 Å². The molecule has 1 aliphatic heterocycles. The van der Waals surface area contributed by atoms with E-state index in [4.69, 9.17) is 26.5 Å². The average Bonchev–Trinajstić information content (AvgIpc) is 3.28. The van der Waals surface area contributed by atoms with Crippen molar-refractivity contribution in [1.29, 1.82) is 0 Å². The Kier molecular flexibility index (Phi) is 7.11. The van der Waals surface area contributed by atoms with E-state index in [-0.39, 0.29) is 9.79 Å². The summed E-state index contributed by atoms with van der Waals surface area (Å²) < 4.78 is 56.4. The number of primary sulfonamides is 1. The Labute approximate surface area is 232 Å². The van der Waals surface area contributed by atoms with Crippen LogP contribution in [0.3, 0.4) is 0 Å². The lowest BCUT2D eigenvalue weighted by Crippen LogP contribution is -2.33. The van der Waals surface area contributed by atoms with E-state index in [1.165, 1.54) is 18.2 Å². The molecule has 0 saturated carbocycles. The molecule has 4 aromatic carbocycles. The normalized spacial score (nSPS) is 19.4. The van der Waals surface area contributed by atoms with Crippen molar-refractivity contribution in [2.75, 3.05) is 6.26 Å². The van der Waals surface area contributed by atoms with Crippen LogP contribution in [0.5, 0.6) is 0 Å². The van der Waals surface area contributed by atoms with Crippen LogP contribution < -0.4 is 5.14 Å². The Balaban J connectivity index is 1.80. The predicted octanol–water partition coefficient (Wildman–Crippen LogP) is 5.05. The molecular weight excluding hydrogens is 556 g/mol. The molecule has 4 aromatic rings. The van der Waals surface area contributed by atoms with Crippen molar-refractivity contribution in [2.24, 2.45) is 10.1 Å². The van der Waals surface area contributed by atoms with Gasteiger partial charge in [-0.25, -0.2) is 27.0 Å². The Morgan fingerprint density at radius 1 is 0.846 bits per heavy atom. The largest absolute Gasteiger partial charge is 0.469 e. The molecule has 0 radical (unpaired) electrons. The van der Waals surface area contributed by atoms with Crippen molar-refractivity contribution in [2.45, 2.75) is 27.9 Å². The fourth-order valence-electron chi connectivity index (χ4n) is 4.86. The first-order valence-corrected chi connectivity index (χ1v) is 15.8. The van der Waals surface area contributed by atoms with E-state index in [0.29, 0.717) is 34.0 Å². The Morgan fingerprint density at radius 2 is 1.46 bits per heavy atom. The van der Waals surface area contributed by atoms with Gasteiger partial charge in [0.25, 0.3) is 0 Å². The molecule has 1 heterocycles. The standard InChI is InChI=1S/C29H25ClN2O5S2/c1-38(33,34)24-17-11-21(12-18-24)28-29(22-13-15-23(30)16-14-22,25-9-5-6-10-26(25)39(31,35)36)32-27(37-28)19-20-7-3-2-4-8-20/h2-18,28H,19H2,1H3,(H2,31,35,36). The van der Waals surface area contributed by atoms with Crippen LogP contribution >= 0.6 is 11.6 Å². The second-order valence-corrected chi connectivity index (χ2v) is 13.3. The lowest BCUT2D eigenvalue weighted by molar-refractivity contribution is 0.154. The second-order valence-electron chi connectivity index (χ2n) is 9.32. The summed E-state index contributed by atoms with van der Waals surface area (Å²) in [5.41, 5.74) is 1.13. The number of halogens is 1. The number of nitrogens with two attached hydrogens (primary N) is 1. The van der Waals surface area contributed by atoms with Gasteiger partial charge in [0.2, 0.25) is 10.0 Å². The lowest BCUT2D eigenvalue weighted by atomic mass is 9.76. The predicted molar refractivity (Wildman–Crippen MR) is 151 cm³/mol. The molecule has 5 rings (SSSR count). The maximum absolute atomic E-state index is 12.8. The minimum absolute atomic E-state index is 0.0917. The molecule has 7 nitrogen and oxygen atoms in total. The molecule has 0 spiro atoms. The van der Waals surface area contributed by atoms with Crippen molar-refractivity contribution >= 4 is 37.4 Å². The SMILES string of the molecule is CS(=O)(=O)c1ccc(C2OC(Cc3ccccc3)=NC2(c2ccc(Cl)cc2)c2ccccc2S(N)(=O)=O)cc1. The van der Waals surface area contributed by atoms with Crippen molar-refractivity contribution < 1.29 is 21.6 Å². The highest BCUT2D eigenvalue weighted by Crippen LogP contribution is 2.52. The number of hydrogen-bond donors (Lipinski definition) is 1. The lowest BCUT2D eigenvalue weighted by Gasteiger charge is -2.34. The van der Waals surface area contributed by atoms with E-state index in [0.717, 1.165) is 11.8 Å². The fourth-order valence-corrected chi connectivity index (χ4v) is 6.42. The fraction of sp³-hybridized carbons (Fsp3) is 0.138. The van der Waals surface area contributed by atoms with E-state index in [1.54, 1.807) is 54.6 Å². The number of hydrogen-bond acceptors (Lipinski definition) is 6. The molecule has 0 bridgehead atoms. The first-order valence-electron chi connectivity index (χ1n) is 12.0. The molecule has 0 amide bonds. The summed E-state index contributed by atoms with van der Waals surface area (Å²) in [4.78, 5) is 5.16. The van der Waals surface area contributed by atoms with Gasteiger partial charge >= 0.3 is 0 Å². The van der Waals surface area contributed by atoms with Crippen LogP contribution in [-0.2, 0) is 36.6 Å². The van der Waals surface area contributed by atoms with E-state index in [9.17, 15) is 16.8 Å².